The molecule has 0 bridgehead atoms. The highest BCUT2D eigenvalue weighted by atomic mass is 32.1. The van der Waals surface area contributed by atoms with Crippen molar-refractivity contribution in [1.29, 1.82) is 0 Å². The Morgan fingerprint density at radius 2 is 1.96 bits per heavy atom. The van der Waals surface area contributed by atoms with E-state index in [0.29, 0.717) is 12.5 Å². The molecule has 0 saturated carbocycles. The van der Waals surface area contributed by atoms with Gasteiger partial charge in [0.05, 0.1) is 5.92 Å². The smallest absolute Gasteiger partial charge is 0.229 e. The number of hydrogen-bond acceptors (Lipinski definition) is 5. The van der Waals surface area contributed by atoms with Crippen LogP contribution in [0.25, 0.3) is 10.4 Å². The second-order valence-corrected chi connectivity index (χ2v) is 7.29. The zero-order valence-electron chi connectivity index (χ0n) is 14.3. The first-order chi connectivity index (χ1) is 12.8. The second kappa shape index (κ2) is 7.66. The van der Waals surface area contributed by atoms with E-state index in [1.807, 2.05) is 35.7 Å². The summed E-state index contributed by atoms with van der Waals surface area (Å²) in [5.41, 5.74) is 1.93. The summed E-state index contributed by atoms with van der Waals surface area (Å²) < 4.78 is 0. The van der Waals surface area contributed by atoms with Gasteiger partial charge in [0, 0.05) is 41.6 Å². The molecule has 5 nitrogen and oxygen atoms in total. The number of nitrogens with one attached hydrogen (secondary N) is 1. The lowest BCUT2D eigenvalue weighted by molar-refractivity contribution is -0.120. The summed E-state index contributed by atoms with van der Waals surface area (Å²) in [5, 5.41) is 5.19. The molecule has 3 heterocycles. The largest absolute Gasteiger partial charge is 0.340 e. The van der Waals surface area contributed by atoms with Gasteiger partial charge in [-0.1, -0.05) is 24.3 Å². The minimum absolute atomic E-state index is 0.0645. The van der Waals surface area contributed by atoms with E-state index in [2.05, 4.69) is 26.3 Å². The Morgan fingerprint density at radius 1 is 1.12 bits per heavy atom. The molecule has 1 N–H and O–H groups in total. The number of rotatable bonds is 4. The van der Waals surface area contributed by atoms with E-state index >= 15 is 0 Å². The number of amides is 1. The quantitative estimate of drug-likeness (QED) is 0.758. The molecule has 0 radical (unpaired) electrons. The lowest BCUT2D eigenvalue weighted by Gasteiger charge is -2.32. The Balaban J connectivity index is 1.49. The topological polar surface area (TPSA) is 58.1 Å². The second-order valence-electron chi connectivity index (χ2n) is 6.35. The SMILES string of the molecule is O=C(Nc1ccccc1-c1cccs1)C1CCCN(c2ncccn2)C1. The van der Waals surface area contributed by atoms with Crippen LogP contribution in [0, 0.1) is 5.92 Å². The zero-order valence-corrected chi connectivity index (χ0v) is 15.2. The number of benzene rings is 1. The lowest BCUT2D eigenvalue weighted by atomic mass is 9.97. The maximum atomic E-state index is 12.9. The summed E-state index contributed by atoms with van der Waals surface area (Å²) in [6.45, 7) is 1.54. The molecule has 1 aromatic carbocycles. The van der Waals surface area contributed by atoms with Crippen LogP contribution in [-0.2, 0) is 4.79 Å². The molecule has 3 aromatic rings. The highest BCUT2D eigenvalue weighted by Crippen LogP contribution is 2.32. The van der Waals surface area contributed by atoms with Gasteiger partial charge in [-0.05, 0) is 36.4 Å². The fourth-order valence-corrected chi connectivity index (χ4v) is 4.07. The molecular formula is C20H20N4OS. The summed E-state index contributed by atoms with van der Waals surface area (Å²) in [6.07, 6.45) is 5.33. The van der Waals surface area contributed by atoms with Gasteiger partial charge in [-0.3, -0.25) is 4.79 Å². The third kappa shape index (κ3) is 3.60. The predicted octanol–water partition coefficient (Wildman–Crippen LogP) is 4.06. The van der Waals surface area contributed by atoms with Gasteiger partial charge in [-0.25, -0.2) is 9.97 Å². The number of para-hydroxylation sites is 1. The molecular weight excluding hydrogens is 344 g/mol. The molecule has 0 aliphatic carbocycles. The molecule has 1 fully saturated rings. The van der Waals surface area contributed by atoms with Gasteiger partial charge in [0.2, 0.25) is 11.9 Å². The Hall–Kier alpha value is -2.73. The molecule has 1 saturated heterocycles. The van der Waals surface area contributed by atoms with Crippen molar-refractivity contribution in [2.45, 2.75) is 12.8 Å². The van der Waals surface area contributed by atoms with Crippen LogP contribution in [0.3, 0.4) is 0 Å². The van der Waals surface area contributed by atoms with Crippen LogP contribution in [0.1, 0.15) is 12.8 Å². The molecule has 0 spiro atoms. The summed E-state index contributed by atoms with van der Waals surface area (Å²) in [7, 11) is 0. The third-order valence-corrected chi connectivity index (χ3v) is 5.50. The van der Waals surface area contributed by atoms with Gasteiger partial charge in [-0.15, -0.1) is 11.3 Å². The minimum Gasteiger partial charge on any atom is -0.340 e. The number of piperidine rings is 1. The van der Waals surface area contributed by atoms with E-state index in [9.17, 15) is 4.79 Å². The fraction of sp³-hybridized carbons (Fsp3) is 0.250. The van der Waals surface area contributed by atoms with Gasteiger partial charge in [-0.2, -0.15) is 0 Å². The van der Waals surface area contributed by atoms with Crippen molar-refractivity contribution in [3.63, 3.8) is 0 Å². The van der Waals surface area contributed by atoms with Crippen LogP contribution in [0.4, 0.5) is 11.6 Å². The molecule has 1 atom stereocenters. The third-order valence-electron chi connectivity index (χ3n) is 4.60. The van der Waals surface area contributed by atoms with Crippen LogP contribution < -0.4 is 10.2 Å². The number of carbonyl (C=O) groups excluding carboxylic acids is 1. The maximum absolute atomic E-state index is 12.9. The monoisotopic (exact) mass is 364 g/mol. The highest BCUT2D eigenvalue weighted by Gasteiger charge is 2.27. The Bertz CT molecular complexity index is 867. The van der Waals surface area contributed by atoms with Gasteiger partial charge >= 0.3 is 0 Å². The maximum Gasteiger partial charge on any atom is 0.229 e. The summed E-state index contributed by atoms with van der Waals surface area (Å²) in [6, 6.07) is 13.9. The molecule has 132 valence electrons. The van der Waals surface area contributed by atoms with Gasteiger partial charge < -0.3 is 10.2 Å². The summed E-state index contributed by atoms with van der Waals surface area (Å²) >= 11 is 1.67. The molecule has 1 amide bonds. The van der Waals surface area contributed by atoms with Crippen LogP contribution in [0.5, 0.6) is 0 Å². The number of thiophene rings is 1. The number of aromatic nitrogens is 2. The molecule has 6 heteroatoms. The first-order valence-electron chi connectivity index (χ1n) is 8.77. The zero-order chi connectivity index (χ0) is 17.8. The van der Waals surface area contributed by atoms with Crippen molar-refractivity contribution in [3.05, 3.63) is 60.2 Å². The van der Waals surface area contributed by atoms with Crippen molar-refractivity contribution < 1.29 is 4.79 Å². The average molecular weight is 364 g/mol. The number of anilines is 2. The van der Waals surface area contributed by atoms with Crippen molar-refractivity contribution in [1.82, 2.24) is 9.97 Å². The van der Waals surface area contributed by atoms with E-state index < -0.39 is 0 Å². The molecule has 4 rings (SSSR count). The van der Waals surface area contributed by atoms with E-state index in [-0.39, 0.29) is 11.8 Å². The summed E-state index contributed by atoms with van der Waals surface area (Å²) in [5.74, 6) is 0.697. The molecule has 1 aliphatic heterocycles. The number of hydrogen-bond donors (Lipinski definition) is 1. The standard InChI is InChI=1S/C20H20N4OS/c25-19(15-6-3-12-24(14-15)20-21-10-5-11-22-20)23-17-8-2-1-7-16(17)18-9-4-13-26-18/h1-2,4-5,7-11,13,15H,3,6,12,14H2,(H,23,25). The molecule has 1 aliphatic rings. The first kappa shape index (κ1) is 16.7. The van der Waals surface area contributed by atoms with Crippen molar-refractivity contribution in [2.24, 2.45) is 5.92 Å². The van der Waals surface area contributed by atoms with E-state index in [1.165, 1.54) is 0 Å². The predicted molar refractivity (Wildman–Crippen MR) is 105 cm³/mol. The summed E-state index contributed by atoms with van der Waals surface area (Å²) in [4.78, 5) is 24.8. The number of nitrogens with zero attached hydrogens (tertiary/aromatic N) is 3. The van der Waals surface area contributed by atoms with Gasteiger partial charge in [0.1, 0.15) is 0 Å². The fourth-order valence-electron chi connectivity index (χ4n) is 3.30. The van der Waals surface area contributed by atoms with Gasteiger partial charge in [0.25, 0.3) is 0 Å². The van der Waals surface area contributed by atoms with Crippen LogP contribution in [0.15, 0.2) is 60.2 Å². The minimum atomic E-state index is -0.0658. The van der Waals surface area contributed by atoms with E-state index in [0.717, 1.165) is 35.5 Å². The normalized spacial score (nSPS) is 17.1. The van der Waals surface area contributed by atoms with Crippen molar-refractivity contribution >= 4 is 28.9 Å². The van der Waals surface area contributed by atoms with Crippen molar-refractivity contribution in [2.75, 3.05) is 23.3 Å². The van der Waals surface area contributed by atoms with E-state index in [4.69, 9.17) is 0 Å². The lowest BCUT2D eigenvalue weighted by Crippen LogP contribution is -2.41. The van der Waals surface area contributed by atoms with Gasteiger partial charge in [0.15, 0.2) is 0 Å². The molecule has 2 aromatic heterocycles. The first-order valence-corrected chi connectivity index (χ1v) is 9.65. The van der Waals surface area contributed by atoms with Crippen molar-refractivity contribution in [3.8, 4) is 10.4 Å². The average Bonchev–Trinajstić information content (AvgIpc) is 3.24. The van der Waals surface area contributed by atoms with E-state index in [1.54, 1.807) is 29.8 Å². The Labute approximate surface area is 156 Å². The Kier molecular flexibility index (Phi) is 4.93. The molecule has 1 unspecified atom stereocenters. The number of carbonyl (C=O) groups is 1. The Morgan fingerprint density at radius 3 is 2.77 bits per heavy atom. The highest BCUT2D eigenvalue weighted by molar-refractivity contribution is 7.13. The van der Waals surface area contributed by atoms with Crippen LogP contribution in [-0.4, -0.2) is 29.0 Å². The van der Waals surface area contributed by atoms with Crippen LogP contribution in [0.2, 0.25) is 0 Å². The van der Waals surface area contributed by atoms with Crippen LogP contribution >= 0.6 is 11.3 Å². The molecule has 26 heavy (non-hydrogen) atoms.